The first-order chi connectivity index (χ1) is 13.0. The summed E-state index contributed by atoms with van der Waals surface area (Å²) in [5, 5.41) is 3.07. The minimum Gasteiger partial charge on any atom is -0.372 e. The summed E-state index contributed by atoms with van der Waals surface area (Å²) in [6.07, 6.45) is 2.60. The van der Waals surface area contributed by atoms with E-state index in [0.717, 1.165) is 32.5 Å². The minimum atomic E-state index is -0.0148. The molecule has 0 aromatic heterocycles. The second kappa shape index (κ2) is 7.53. The van der Waals surface area contributed by atoms with Crippen molar-refractivity contribution in [2.24, 2.45) is 11.8 Å². The van der Waals surface area contributed by atoms with Crippen molar-refractivity contribution in [2.75, 3.05) is 32.8 Å². The Labute approximate surface area is 162 Å². The van der Waals surface area contributed by atoms with E-state index in [9.17, 15) is 4.79 Å². The van der Waals surface area contributed by atoms with Crippen molar-refractivity contribution in [2.45, 2.75) is 51.9 Å². The van der Waals surface area contributed by atoms with Gasteiger partial charge in [-0.15, -0.1) is 0 Å². The molecule has 148 valence electrons. The minimum absolute atomic E-state index is 0.0105. The first-order valence-corrected chi connectivity index (χ1v) is 10.3. The van der Waals surface area contributed by atoms with Crippen LogP contribution in [0.1, 0.15) is 36.5 Å². The predicted molar refractivity (Wildman–Crippen MR) is 105 cm³/mol. The van der Waals surface area contributed by atoms with Crippen LogP contribution in [0.4, 0.5) is 0 Å². The van der Waals surface area contributed by atoms with Gasteiger partial charge in [0.15, 0.2) is 0 Å². The fourth-order valence-electron chi connectivity index (χ4n) is 5.48. The molecule has 0 saturated carbocycles. The van der Waals surface area contributed by atoms with Gasteiger partial charge >= 0.3 is 0 Å². The first-order valence-electron chi connectivity index (χ1n) is 10.3. The summed E-state index contributed by atoms with van der Waals surface area (Å²) in [4.78, 5) is 14.5. The summed E-state index contributed by atoms with van der Waals surface area (Å²) in [5.41, 5.74) is 4.20. The number of nitrogens with one attached hydrogen (secondary N) is 1. The Kier molecular flexibility index (Phi) is 5.28. The van der Waals surface area contributed by atoms with Crippen LogP contribution in [-0.4, -0.2) is 55.4 Å². The number of rotatable bonds is 7. The number of likely N-dealkylation sites (tertiary alicyclic amines) is 1. The first kappa shape index (κ1) is 18.9. The summed E-state index contributed by atoms with van der Waals surface area (Å²) in [6, 6.07) is 6.55. The van der Waals surface area contributed by atoms with E-state index in [1.165, 1.54) is 16.7 Å². The van der Waals surface area contributed by atoms with Gasteiger partial charge in [-0.1, -0.05) is 18.2 Å². The van der Waals surface area contributed by atoms with Crippen LogP contribution >= 0.6 is 0 Å². The molecule has 1 amide bonds. The predicted octanol–water partition coefficient (Wildman–Crippen LogP) is 2.44. The van der Waals surface area contributed by atoms with Crippen molar-refractivity contribution in [3.05, 3.63) is 34.9 Å². The molecule has 3 fully saturated rings. The summed E-state index contributed by atoms with van der Waals surface area (Å²) in [7, 11) is 0. The normalized spacial score (nSPS) is 32.0. The highest BCUT2D eigenvalue weighted by Crippen LogP contribution is 2.54. The Bertz CT molecular complexity index is 687. The molecular weight excluding hydrogens is 340 g/mol. The van der Waals surface area contributed by atoms with Gasteiger partial charge in [-0.05, 0) is 50.3 Å². The molecule has 5 heteroatoms. The zero-order valence-electron chi connectivity index (χ0n) is 16.8. The molecule has 1 aromatic rings. The molecule has 5 nitrogen and oxygen atoms in total. The number of benzene rings is 1. The Hall–Kier alpha value is -1.43. The highest BCUT2D eigenvalue weighted by molar-refractivity contribution is 5.77. The molecule has 27 heavy (non-hydrogen) atoms. The van der Waals surface area contributed by atoms with E-state index < -0.39 is 0 Å². The zero-order valence-corrected chi connectivity index (χ0v) is 16.8. The van der Waals surface area contributed by atoms with Crippen molar-refractivity contribution in [1.29, 1.82) is 0 Å². The maximum Gasteiger partial charge on any atom is 0.246 e. The average molecular weight is 373 g/mol. The molecule has 0 unspecified atom stereocenters. The van der Waals surface area contributed by atoms with Gasteiger partial charge in [-0.3, -0.25) is 9.69 Å². The van der Waals surface area contributed by atoms with Gasteiger partial charge in [0.1, 0.15) is 6.61 Å². The number of aryl methyl sites for hydroxylation is 2. The standard InChI is InChI=1S/C22H32N2O3/c1-4-26-13-21(25)23-10-17-19-12-24(14-22(19)9-8-20(17)27-22)11-18-15(2)6-5-7-16(18)3/h5-7,17,19-20H,4,8-14H2,1-3H3,(H,23,25)/t17-,19+,20+,22+/m0/s1. The molecule has 2 bridgehead atoms. The van der Waals surface area contributed by atoms with E-state index in [-0.39, 0.29) is 18.1 Å². The highest BCUT2D eigenvalue weighted by Gasteiger charge is 2.62. The molecule has 1 N–H and O–H groups in total. The summed E-state index contributed by atoms with van der Waals surface area (Å²) in [5.74, 6) is 0.930. The number of hydrogen-bond donors (Lipinski definition) is 1. The molecule has 0 radical (unpaired) electrons. The van der Waals surface area contributed by atoms with E-state index in [4.69, 9.17) is 9.47 Å². The van der Waals surface area contributed by atoms with Crippen LogP contribution in [0.25, 0.3) is 0 Å². The Morgan fingerprint density at radius 3 is 2.89 bits per heavy atom. The molecule has 3 aliphatic rings. The maximum atomic E-state index is 11.9. The van der Waals surface area contributed by atoms with E-state index in [0.29, 0.717) is 31.1 Å². The number of ether oxygens (including phenoxy) is 2. The molecule has 4 rings (SSSR count). The third-order valence-electron chi connectivity index (χ3n) is 6.85. The molecule has 3 aliphatic heterocycles. The van der Waals surface area contributed by atoms with Crippen molar-refractivity contribution < 1.29 is 14.3 Å². The summed E-state index contributed by atoms with van der Waals surface area (Å²) < 4.78 is 11.7. The monoisotopic (exact) mass is 372 g/mol. The van der Waals surface area contributed by atoms with Crippen LogP contribution in [-0.2, 0) is 20.8 Å². The summed E-state index contributed by atoms with van der Waals surface area (Å²) in [6.45, 7) is 10.8. The van der Waals surface area contributed by atoms with Gasteiger partial charge < -0.3 is 14.8 Å². The van der Waals surface area contributed by atoms with Gasteiger partial charge in [0.2, 0.25) is 5.91 Å². The fraction of sp³-hybridized carbons (Fsp3) is 0.682. The molecule has 3 saturated heterocycles. The smallest absolute Gasteiger partial charge is 0.246 e. The number of amides is 1. The van der Waals surface area contributed by atoms with E-state index in [1.807, 2.05) is 6.92 Å². The van der Waals surface area contributed by atoms with Gasteiger partial charge in [-0.25, -0.2) is 0 Å². The van der Waals surface area contributed by atoms with Crippen molar-refractivity contribution in [1.82, 2.24) is 10.2 Å². The van der Waals surface area contributed by atoms with Crippen LogP contribution < -0.4 is 5.32 Å². The molecule has 1 aromatic carbocycles. The van der Waals surface area contributed by atoms with Gasteiger partial charge in [-0.2, -0.15) is 0 Å². The Morgan fingerprint density at radius 2 is 2.15 bits per heavy atom. The van der Waals surface area contributed by atoms with Gasteiger partial charge in [0.05, 0.1) is 11.7 Å². The Morgan fingerprint density at radius 1 is 1.37 bits per heavy atom. The largest absolute Gasteiger partial charge is 0.372 e. The van der Waals surface area contributed by atoms with Crippen LogP contribution in [0, 0.1) is 25.7 Å². The molecule has 0 aliphatic carbocycles. The second-order valence-electron chi connectivity index (χ2n) is 8.51. The van der Waals surface area contributed by atoms with E-state index in [2.05, 4.69) is 42.3 Å². The molecule has 3 heterocycles. The van der Waals surface area contributed by atoms with E-state index in [1.54, 1.807) is 0 Å². The lowest BCUT2D eigenvalue weighted by Crippen LogP contribution is -2.42. The van der Waals surface area contributed by atoms with Gasteiger partial charge in [0, 0.05) is 44.6 Å². The van der Waals surface area contributed by atoms with Crippen molar-refractivity contribution in [3.63, 3.8) is 0 Å². The number of fused-ring (bicyclic) bond motifs is 1. The number of carbonyl (C=O) groups excluding carboxylic acids is 1. The quantitative estimate of drug-likeness (QED) is 0.799. The topological polar surface area (TPSA) is 50.8 Å². The number of carbonyl (C=O) groups is 1. The molecular formula is C22H32N2O3. The lowest BCUT2D eigenvalue weighted by Gasteiger charge is -2.29. The Balaban J connectivity index is 1.41. The highest BCUT2D eigenvalue weighted by atomic mass is 16.5. The maximum absolute atomic E-state index is 11.9. The van der Waals surface area contributed by atoms with Crippen LogP contribution in [0.2, 0.25) is 0 Å². The fourth-order valence-corrected chi connectivity index (χ4v) is 5.48. The zero-order chi connectivity index (χ0) is 19.0. The van der Waals surface area contributed by atoms with Crippen molar-refractivity contribution >= 4 is 5.91 Å². The SMILES string of the molecule is CCOCC(=O)NC[C@H]1[C@H]2CN(Cc3c(C)cccc3C)C[C@]23CC[C@H]1O3. The van der Waals surface area contributed by atoms with Crippen LogP contribution in [0.5, 0.6) is 0 Å². The van der Waals surface area contributed by atoms with Gasteiger partial charge in [0.25, 0.3) is 0 Å². The average Bonchev–Trinajstić information content (AvgIpc) is 3.29. The second-order valence-corrected chi connectivity index (χ2v) is 8.51. The number of hydrogen-bond acceptors (Lipinski definition) is 4. The van der Waals surface area contributed by atoms with Crippen LogP contribution in [0.3, 0.4) is 0 Å². The number of nitrogens with zero attached hydrogens (tertiary/aromatic N) is 1. The van der Waals surface area contributed by atoms with Crippen LogP contribution in [0.15, 0.2) is 18.2 Å². The van der Waals surface area contributed by atoms with Crippen molar-refractivity contribution in [3.8, 4) is 0 Å². The molecule has 1 spiro atoms. The lowest BCUT2D eigenvalue weighted by molar-refractivity contribution is -0.125. The van der Waals surface area contributed by atoms with E-state index >= 15 is 0 Å². The summed E-state index contributed by atoms with van der Waals surface area (Å²) >= 11 is 0. The third kappa shape index (κ3) is 3.53. The third-order valence-corrected chi connectivity index (χ3v) is 6.85. The molecule has 4 atom stereocenters. The lowest BCUT2D eigenvalue weighted by atomic mass is 9.73.